The van der Waals surface area contributed by atoms with Crippen LogP contribution in [0.1, 0.15) is 33.1 Å². The first-order chi connectivity index (χ1) is 3.38. The first kappa shape index (κ1) is 5.14. The largest absolute Gasteiger partial charge is 0.0651 e. The van der Waals surface area contributed by atoms with Gasteiger partial charge in [0.1, 0.15) is 0 Å². The van der Waals surface area contributed by atoms with Crippen molar-refractivity contribution in [2.45, 2.75) is 33.1 Å². The normalized spacial score (nSPS) is 38.6. The van der Waals surface area contributed by atoms with E-state index >= 15 is 0 Å². The quantitative estimate of drug-likeness (QED) is 0.497. The summed E-state index contributed by atoms with van der Waals surface area (Å²) < 4.78 is 0. The molecule has 0 radical (unpaired) electrons. The lowest BCUT2D eigenvalue weighted by Gasteiger charge is -1.85. The lowest BCUT2D eigenvalue weighted by molar-refractivity contribution is 0.663. The van der Waals surface area contributed by atoms with Crippen molar-refractivity contribution >= 4 is 0 Å². The fraction of sp³-hybridized carbons (Fsp3) is 1.00. The Morgan fingerprint density at radius 2 is 1.57 bits per heavy atom. The van der Waals surface area contributed by atoms with Crippen LogP contribution in [0, 0.1) is 11.8 Å². The highest BCUT2D eigenvalue weighted by molar-refractivity contribution is 4.83. The van der Waals surface area contributed by atoms with Gasteiger partial charge in [-0.15, -0.1) is 0 Å². The van der Waals surface area contributed by atoms with Crippen LogP contribution >= 0.6 is 0 Å². The molecule has 0 bridgehead atoms. The monoisotopic (exact) mass is 98.1 g/mol. The molecule has 1 aliphatic rings. The highest BCUT2D eigenvalue weighted by Crippen LogP contribution is 2.42. The summed E-state index contributed by atoms with van der Waals surface area (Å²) in [5, 5.41) is 0. The van der Waals surface area contributed by atoms with E-state index in [-0.39, 0.29) is 0 Å². The third-order valence-corrected chi connectivity index (χ3v) is 2.12. The van der Waals surface area contributed by atoms with Crippen LogP contribution in [-0.2, 0) is 0 Å². The molecule has 42 valence electrons. The number of rotatable bonds is 2. The van der Waals surface area contributed by atoms with Gasteiger partial charge in [-0.2, -0.15) is 0 Å². The first-order valence-corrected chi connectivity index (χ1v) is 3.38. The second-order valence-electron chi connectivity index (χ2n) is 2.57. The van der Waals surface area contributed by atoms with Crippen molar-refractivity contribution in [2.24, 2.45) is 11.8 Å². The Bertz CT molecular complexity index is 49.1. The van der Waals surface area contributed by atoms with E-state index in [2.05, 4.69) is 13.8 Å². The van der Waals surface area contributed by atoms with Gasteiger partial charge >= 0.3 is 0 Å². The Balaban J connectivity index is 2.06. The van der Waals surface area contributed by atoms with Gasteiger partial charge in [0, 0.05) is 0 Å². The zero-order chi connectivity index (χ0) is 5.28. The minimum absolute atomic E-state index is 1.12. The van der Waals surface area contributed by atoms with Crippen LogP contribution in [0.4, 0.5) is 0 Å². The summed E-state index contributed by atoms with van der Waals surface area (Å²) >= 11 is 0. The van der Waals surface area contributed by atoms with Gasteiger partial charge in [-0.05, 0) is 18.3 Å². The molecule has 1 saturated carbocycles. The molecular formula is C7H14. The predicted molar refractivity (Wildman–Crippen MR) is 32.2 cm³/mol. The fourth-order valence-corrected chi connectivity index (χ4v) is 1.31. The molecule has 0 nitrogen and oxygen atoms in total. The summed E-state index contributed by atoms with van der Waals surface area (Å²) in [6.45, 7) is 4.58. The van der Waals surface area contributed by atoms with Crippen LogP contribution in [0.25, 0.3) is 0 Å². The Morgan fingerprint density at radius 3 is 1.71 bits per heavy atom. The van der Waals surface area contributed by atoms with Crippen LogP contribution in [0.3, 0.4) is 0 Å². The van der Waals surface area contributed by atoms with E-state index in [9.17, 15) is 0 Å². The average Bonchev–Trinajstić information content (AvgIpc) is 2.43. The van der Waals surface area contributed by atoms with Crippen LogP contribution in [0.15, 0.2) is 0 Å². The van der Waals surface area contributed by atoms with Crippen LogP contribution in [-0.4, -0.2) is 0 Å². The second kappa shape index (κ2) is 1.85. The Hall–Kier alpha value is 0. The molecule has 0 aromatic heterocycles. The Labute approximate surface area is 45.9 Å². The van der Waals surface area contributed by atoms with Gasteiger partial charge in [-0.1, -0.05) is 26.7 Å². The molecule has 0 heteroatoms. The van der Waals surface area contributed by atoms with Gasteiger partial charge in [0.05, 0.1) is 0 Å². The highest BCUT2D eigenvalue weighted by atomic mass is 14.4. The predicted octanol–water partition coefficient (Wildman–Crippen LogP) is 2.44. The molecule has 0 heterocycles. The van der Waals surface area contributed by atoms with E-state index in [1.807, 2.05) is 0 Å². The van der Waals surface area contributed by atoms with Gasteiger partial charge in [-0.3, -0.25) is 0 Å². The van der Waals surface area contributed by atoms with E-state index in [1.165, 1.54) is 19.3 Å². The summed E-state index contributed by atoms with van der Waals surface area (Å²) in [6.07, 6.45) is 4.35. The third kappa shape index (κ3) is 0.960. The molecule has 2 atom stereocenters. The van der Waals surface area contributed by atoms with E-state index in [1.54, 1.807) is 0 Å². The summed E-state index contributed by atoms with van der Waals surface area (Å²) in [5.41, 5.74) is 0. The topological polar surface area (TPSA) is 0 Å². The fourth-order valence-electron chi connectivity index (χ4n) is 1.31. The van der Waals surface area contributed by atoms with Crippen molar-refractivity contribution in [3.05, 3.63) is 0 Å². The van der Waals surface area contributed by atoms with Gasteiger partial charge in [0.25, 0.3) is 0 Å². The molecule has 0 spiro atoms. The molecule has 0 saturated heterocycles. The summed E-state index contributed by atoms with van der Waals surface area (Å²) in [6, 6.07) is 0. The van der Waals surface area contributed by atoms with Gasteiger partial charge in [0.2, 0.25) is 0 Å². The van der Waals surface area contributed by atoms with Crippen molar-refractivity contribution in [1.29, 1.82) is 0 Å². The van der Waals surface area contributed by atoms with Crippen molar-refractivity contribution in [1.82, 2.24) is 0 Å². The summed E-state index contributed by atoms with van der Waals surface area (Å²) in [4.78, 5) is 0. The Morgan fingerprint density at radius 1 is 1.14 bits per heavy atom. The van der Waals surface area contributed by atoms with Crippen molar-refractivity contribution < 1.29 is 0 Å². The maximum absolute atomic E-state index is 2.29. The molecule has 0 N–H and O–H groups in total. The molecule has 1 fully saturated rings. The summed E-state index contributed by atoms with van der Waals surface area (Å²) in [5.74, 6) is 2.23. The molecule has 0 aliphatic heterocycles. The second-order valence-corrected chi connectivity index (χ2v) is 2.57. The maximum Gasteiger partial charge on any atom is -0.0386 e. The van der Waals surface area contributed by atoms with Gasteiger partial charge in [-0.25, -0.2) is 0 Å². The molecule has 1 aliphatic carbocycles. The zero-order valence-corrected chi connectivity index (χ0v) is 5.28. The molecule has 0 aromatic carbocycles. The van der Waals surface area contributed by atoms with Crippen LogP contribution in [0.5, 0.6) is 0 Å². The average molecular weight is 98.2 g/mol. The van der Waals surface area contributed by atoms with Gasteiger partial charge < -0.3 is 0 Å². The molecule has 1 rings (SSSR count). The zero-order valence-electron chi connectivity index (χ0n) is 5.28. The van der Waals surface area contributed by atoms with E-state index in [0.717, 1.165) is 11.8 Å². The van der Waals surface area contributed by atoms with Gasteiger partial charge in [0.15, 0.2) is 0 Å². The SMILES string of the molecule is CC[C@@H]1C[C@@H]1CC. The molecule has 0 amide bonds. The van der Waals surface area contributed by atoms with Crippen molar-refractivity contribution in [3.63, 3.8) is 0 Å². The molecule has 7 heavy (non-hydrogen) atoms. The molecule has 0 unspecified atom stereocenters. The van der Waals surface area contributed by atoms with Crippen LogP contribution in [0.2, 0.25) is 0 Å². The smallest absolute Gasteiger partial charge is 0.0386 e. The first-order valence-electron chi connectivity index (χ1n) is 3.38. The highest BCUT2D eigenvalue weighted by Gasteiger charge is 2.32. The lowest BCUT2D eigenvalue weighted by atomic mass is 10.2. The standard InChI is InChI=1S/C7H14/c1-3-6-5-7(6)4-2/h6-7H,3-5H2,1-2H3/t6-,7+. The third-order valence-electron chi connectivity index (χ3n) is 2.12. The van der Waals surface area contributed by atoms with E-state index in [0.29, 0.717) is 0 Å². The minimum Gasteiger partial charge on any atom is -0.0651 e. The Kier molecular flexibility index (Phi) is 1.36. The van der Waals surface area contributed by atoms with Crippen molar-refractivity contribution in [3.8, 4) is 0 Å². The minimum atomic E-state index is 1.12. The number of hydrogen-bond acceptors (Lipinski definition) is 0. The van der Waals surface area contributed by atoms with E-state index in [4.69, 9.17) is 0 Å². The molecular weight excluding hydrogens is 84.1 g/mol. The van der Waals surface area contributed by atoms with E-state index < -0.39 is 0 Å². The number of hydrogen-bond donors (Lipinski definition) is 0. The molecule has 0 aromatic rings. The lowest BCUT2D eigenvalue weighted by Crippen LogP contribution is -1.74. The van der Waals surface area contributed by atoms with Crippen LogP contribution < -0.4 is 0 Å². The summed E-state index contributed by atoms with van der Waals surface area (Å²) in [7, 11) is 0. The maximum atomic E-state index is 2.29. The van der Waals surface area contributed by atoms with Crippen molar-refractivity contribution in [2.75, 3.05) is 0 Å².